The third-order valence-electron chi connectivity index (χ3n) is 3.38. The minimum Gasteiger partial charge on any atom is -0.347 e. The number of aromatic nitrogens is 1. The van der Waals surface area contributed by atoms with Gasteiger partial charge in [-0.3, -0.25) is 10.1 Å². The minimum atomic E-state index is -0.411. The molecule has 1 aliphatic rings. The normalized spacial score (nSPS) is 15.0. The Morgan fingerprint density at radius 2 is 2.10 bits per heavy atom. The van der Waals surface area contributed by atoms with E-state index in [1.807, 2.05) is 11.8 Å². The van der Waals surface area contributed by atoms with Gasteiger partial charge in [-0.25, -0.2) is 9.78 Å². The summed E-state index contributed by atoms with van der Waals surface area (Å²) >= 11 is 0. The SMILES string of the molecule is CCNC(=O)N1CCN(c2ncc(C)cc2[N+](=O)[O-])CC1. The molecule has 0 unspecified atom stereocenters. The molecule has 21 heavy (non-hydrogen) atoms. The summed E-state index contributed by atoms with van der Waals surface area (Å²) < 4.78 is 0. The molecule has 114 valence electrons. The molecule has 0 saturated carbocycles. The Morgan fingerprint density at radius 3 is 2.67 bits per heavy atom. The smallest absolute Gasteiger partial charge is 0.317 e. The molecule has 2 amide bonds. The van der Waals surface area contributed by atoms with Crippen LogP contribution in [-0.4, -0.2) is 53.6 Å². The molecule has 0 aliphatic carbocycles. The molecule has 1 saturated heterocycles. The summed E-state index contributed by atoms with van der Waals surface area (Å²) in [4.78, 5) is 30.2. The molecule has 0 spiro atoms. The van der Waals surface area contributed by atoms with E-state index in [9.17, 15) is 14.9 Å². The van der Waals surface area contributed by atoms with Gasteiger partial charge in [0.2, 0.25) is 5.82 Å². The lowest BCUT2D eigenvalue weighted by Crippen LogP contribution is -2.52. The monoisotopic (exact) mass is 293 g/mol. The van der Waals surface area contributed by atoms with Gasteiger partial charge in [-0.15, -0.1) is 0 Å². The van der Waals surface area contributed by atoms with E-state index in [1.54, 1.807) is 18.0 Å². The number of nitrogens with zero attached hydrogens (tertiary/aromatic N) is 4. The fourth-order valence-electron chi connectivity index (χ4n) is 2.31. The van der Waals surface area contributed by atoms with Crippen molar-refractivity contribution < 1.29 is 9.72 Å². The molecule has 1 N–H and O–H groups in total. The summed E-state index contributed by atoms with van der Waals surface area (Å²) in [5.41, 5.74) is 0.771. The number of hydrogen-bond donors (Lipinski definition) is 1. The molecule has 0 radical (unpaired) electrons. The van der Waals surface area contributed by atoms with Gasteiger partial charge in [0.05, 0.1) is 4.92 Å². The third kappa shape index (κ3) is 3.39. The van der Waals surface area contributed by atoms with Gasteiger partial charge in [0, 0.05) is 45.0 Å². The lowest BCUT2D eigenvalue weighted by molar-refractivity contribution is -0.384. The van der Waals surface area contributed by atoms with Crippen LogP contribution in [0.25, 0.3) is 0 Å². The number of carbonyl (C=O) groups excluding carboxylic acids is 1. The molecule has 8 nitrogen and oxygen atoms in total. The molecule has 1 aromatic heterocycles. The van der Waals surface area contributed by atoms with Gasteiger partial charge in [-0.1, -0.05) is 0 Å². The number of hydrogen-bond acceptors (Lipinski definition) is 5. The fraction of sp³-hybridized carbons (Fsp3) is 0.538. The van der Waals surface area contributed by atoms with Crippen molar-refractivity contribution in [3.63, 3.8) is 0 Å². The van der Waals surface area contributed by atoms with Crippen LogP contribution in [0.4, 0.5) is 16.3 Å². The molecular formula is C13H19N5O3. The van der Waals surface area contributed by atoms with Crippen molar-refractivity contribution in [3.8, 4) is 0 Å². The highest BCUT2D eigenvalue weighted by molar-refractivity contribution is 5.74. The lowest BCUT2D eigenvalue weighted by Gasteiger charge is -2.35. The van der Waals surface area contributed by atoms with Crippen LogP contribution in [0.3, 0.4) is 0 Å². The number of anilines is 1. The Kier molecular flexibility index (Phi) is 4.56. The van der Waals surface area contributed by atoms with Gasteiger partial charge < -0.3 is 15.1 Å². The summed E-state index contributed by atoms with van der Waals surface area (Å²) in [6.07, 6.45) is 1.62. The maximum absolute atomic E-state index is 11.7. The van der Waals surface area contributed by atoms with Crippen LogP contribution in [-0.2, 0) is 0 Å². The molecular weight excluding hydrogens is 274 g/mol. The molecule has 1 aromatic rings. The molecule has 8 heteroatoms. The highest BCUT2D eigenvalue weighted by Gasteiger charge is 2.26. The molecule has 1 aliphatic heterocycles. The number of rotatable bonds is 3. The second-order valence-corrected chi connectivity index (χ2v) is 4.92. The van der Waals surface area contributed by atoms with E-state index in [2.05, 4.69) is 10.3 Å². The summed E-state index contributed by atoms with van der Waals surface area (Å²) in [6, 6.07) is 1.43. The van der Waals surface area contributed by atoms with Crippen LogP contribution in [0, 0.1) is 17.0 Å². The first-order valence-corrected chi connectivity index (χ1v) is 6.91. The van der Waals surface area contributed by atoms with Gasteiger partial charge in [0.25, 0.3) is 0 Å². The first kappa shape index (κ1) is 15.0. The van der Waals surface area contributed by atoms with E-state index in [1.165, 1.54) is 6.07 Å². The molecule has 2 rings (SSSR count). The Balaban J connectivity index is 2.09. The quantitative estimate of drug-likeness (QED) is 0.666. The van der Waals surface area contributed by atoms with Crippen LogP contribution in [0.5, 0.6) is 0 Å². The predicted octanol–water partition coefficient (Wildman–Crippen LogP) is 1.15. The topological polar surface area (TPSA) is 91.6 Å². The number of aryl methyl sites for hydroxylation is 1. The van der Waals surface area contributed by atoms with Crippen LogP contribution in [0.15, 0.2) is 12.3 Å². The van der Waals surface area contributed by atoms with Gasteiger partial charge in [-0.2, -0.15) is 0 Å². The van der Waals surface area contributed by atoms with Crippen molar-refractivity contribution in [1.29, 1.82) is 0 Å². The van der Waals surface area contributed by atoms with Crippen LogP contribution < -0.4 is 10.2 Å². The van der Waals surface area contributed by atoms with Crippen LogP contribution >= 0.6 is 0 Å². The Bertz CT molecular complexity index is 541. The van der Waals surface area contributed by atoms with Crippen molar-refractivity contribution >= 4 is 17.5 Å². The summed E-state index contributed by atoms with van der Waals surface area (Å²) in [5.74, 6) is 0.376. The van der Waals surface area contributed by atoms with Crippen molar-refractivity contribution in [2.45, 2.75) is 13.8 Å². The maximum atomic E-state index is 11.7. The standard InChI is InChI=1S/C13H19N5O3/c1-3-14-13(19)17-6-4-16(5-7-17)12-11(18(20)21)8-10(2)9-15-12/h8-9H,3-7H2,1-2H3,(H,14,19). The largest absolute Gasteiger partial charge is 0.347 e. The van der Waals surface area contributed by atoms with Gasteiger partial charge in [0.1, 0.15) is 0 Å². The van der Waals surface area contributed by atoms with Crippen LogP contribution in [0.1, 0.15) is 12.5 Å². The minimum absolute atomic E-state index is 0.0152. The van der Waals surface area contributed by atoms with Crippen molar-refractivity contribution in [2.75, 3.05) is 37.6 Å². The predicted molar refractivity (Wildman–Crippen MR) is 78.5 cm³/mol. The van der Waals surface area contributed by atoms with E-state index < -0.39 is 4.92 Å². The zero-order valence-corrected chi connectivity index (χ0v) is 12.2. The van der Waals surface area contributed by atoms with E-state index in [4.69, 9.17) is 0 Å². The second kappa shape index (κ2) is 6.38. The zero-order valence-electron chi connectivity index (χ0n) is 12.2. The Morgan fingerprint density at radius 1 is 1.43 bits per heavy atom. The number of pyridine rings is 1. The molecule has 2 heterocycles. The van der Waals surface area contributed by atoms with Gasteiger partial charge >= 0.3 is 11.7 Å². The number of nitrogens with one attached hydrogen (secondary N) is 1. The average Bonchev–Trinajstić information content (AvgIpc) is 2.47. The number of amides is 2. The third-order valence-corrected chi connectivity index (χ3v) is 3.38. The van der Waals surface area contributed by atoms with Crippen molar-refractivity contribution in [1.82, 2.24) is 15.2 Å². The summed E-state index contributed by atoms with van der Waals surface area (Å²) in [5, 5.41) is 13.9. The van der Waals surface area contributed by atoms with Crippen molar-refractivity contribution in [3.05, 3.63) is 27.9 Å². The zero-order chi connectivity index (χ0) is 15.4. The molecule has 0 bridgehead atoms. The summed E-state index contributed by atoms with van der Waals surface area (Å²) in [6.45, 7) is 6.35. The highest BCUT2D eigenvalue weighted by Crippen LogP contribution is 2.27. The number of piperazine rings is 1. The second-order valence-electron chi connectivity index (χ2n) is 4.92. The van der Waals surface area contributed by atoms with E-state index >= 15 is 0 Å². The van der Waals surface area contributed by atoms with E-state index in [-0.39, 0.29) is 11.7 Å². The summed E-state index contributed by atoms with van der Waals surface area (Å²) in [7, 11) is 0. The Labute approximate surface area is 122 Å². The van der Waals surface area contributed by atoms with Gasteiger partial charge in [-0.05, 0) is 19.4 Å². The maximum Gasteiger partial charge on any atom is 0.317 e. The average molecular weight is 293 g/mol. The molecule has 0 atom stereocenters. The van der Waals surface area contributed by atoms with E-state index in [0.717, 1.165) is 5.56 Å². The molecule has 0 aromatic carbocycles. The first-order valence-electron chi connectivity index (χ1n) is 6.91. The van der Waals surface area contributed by atoms with Crippen molar-refractivity contribution in [2.24, 2.45) is 0 Å². The highest BCUT2D eigenvalue weighted by atomic mass is 16.6. The number of nitro groups is 1. The number of carbonyl (C=O) groups is 1. The molecule has 1 fully saturated rings. The lowest BCUT2D eigenvalue weighted by atomic mass is 10.2. The Hall–Kier alpha value is -2.38. The van der Waals surface area contributed by atoms with E-state index in [0.29, 0.717) is 38.5 Å². The van der Waals surface area contributed by atoms with Gasteiger partial charge in [0.15, 0.2) is 0 Å². The number of urea groups is 1. The first-order chi connectivity index (χ1) is 10.0. The van der Waals surface area contributed by atoms with Crippen LogP contribution in [0.2, 0.25) is 0 Å². The fourth-order valence-corrected chi connectivity index (χ4v) is 2.31.